The van der Waals surface area contributed by atoms with E-state index in [0.29, 0.717) is 21.9 Å². The van der Waals surface area contributed by atoms with Crippen LogP contribution in [0.4, 0.5) is 0 Å². The van der Waals surface area contributed by atoms with Crippen molar-refractivity contribution < 1.29 is 19.1 Å². The summed E-state index contributed by atoms with van der Waals surface area (Å²) in [5.41, 5.74) is 1.03. The predicted octanol–water partition coefficient (Wildman–Crippen LogP) is 4.16. The molecule has 5 nitrogen and oxygen atoms in total. The predicted molar refractivity (Wildman–Crippen MR) is 100 cm³/mol. The van der Waals surface area contributed by atoms with Crippen LogP contribution in [-0.2, 0) is 9.53 Å². The Kier molecular flexibility index (Phi) is 7.04. The fourth-order valence-electron chi connectivity index (χ4n) is 2.54. The number of carbonyl (C=O) groups is 2. The lowest BCUT2D eigenvalue weighted by atomic mass is 10.0. The van der Waals surface area contributed by atoms with Gasteiger partial charge in [0.1, 0.15) is 5.75 Å². The van der Waals surface area contributed by atoms with Gasteiger partial charge in [-0.25, -0.2) is 0 Å². The van der Waals surface area contributed by atoms with E-state index in [9.17, 15) is 9.59 Å². The molecule has 138 valence electrons. The van der Waals surface area contributed by atoms with Crippen LogP contribution in [0, 0.1) is 0 Å². The molecule has 0 fully saturated rings. The summed E-state index contributed by atoms with van der Waals surface area (Å²) < 4.78 is 10.4. The molecule has 2 aromatic carbocycles. The average molecular weight is 376 g/mol. The van der Waals surface area contributed by atoms with E-state index in [4.69, 9.17) is 21.1 Å². The van der Waals surface area contributed by atoms with Crippen molar-refractivity contribution in [1.29, 1.82) is 0 Å². The molecule has 0 bridgehead atoms. The molecule has 0 unspecified atom stereocenters. The molecule has 0 aromatic heterocycles. The largest absolute Gasteiger partial charge is 0.496 e. The third kappa shape index (κ3) is 5.23. The molecule has 0 aliphatic rings. The molecule has 26 heavy (non-hydrogen) atoms. The summed E-state index contributed by atoms with van der Waals surface area (Å²) in [6, 6.07) is 13.3. The number of amides is 1. The highest BCUT2D eigenvalue weighted by Gasteiger charge is 2.23. The molecule has 0 spiro atoms. The van der Waals surface area contributed by atoms with E-state index >= 15 is 0 Å². The van der Waals surface area contributed by atoms with E-state index < -0.39 is 12.0 Å². The number of esters is 1. The Balaban J connectivity index is 2.27. The van der Waals surface area contributed by atoms with Crippen molar-refractivity contribution in [3.63, 3.8) is 0 Å². The molecular formula is C20H22ClNO4. The van der Waals surface area contributed by atoms with Crippen LogP contribution in [0.1, 0.15) is 42.2 Å². The van der Waals surface area contributed by atoms with Gasteiger partial charge in [-0.1, -0.05) is 41.9 Å². The number of carbonyl (C=O) groups excluding carboxylic acids is 2. The molecule has 0 saturated heterocycles. The van der Waals surface area contributed by atoms with Gasteiger partial charge < -0.3 is 14.8 Å². The van der Waals surface area contributed by atoms with Crippen molar-refractivity contribution in [2.45, 2.75) is 32.4 Å². The van der Waals surface area contributed by atoms with Crippen LogP contribution in [0.25, 0.3) is 0 Å². The summed E-state index contributed by atoms with van der Waals surface area (Å²) in [5, 5.41) is 3.33. The smallest absolute Gasteiger partial charge is 0.308 e. The fraction of sp³-hybridized carbons (Fsp3) is 0.300. The number of nitrogens with one attached hydrogen (secondary N) is 1. The second kappa shape index (κ2) is 9.25. The molecule has 0 radical (unpaired) electrons. The van der Waals surface area contributed by atoms with Gasteiger partial charge in [0.2, 0.25) is 0 Å². The number of methoxy groups -OCH3 is 1. The Morgan fingerprint density at radius 1 is 1.08 bits per heavy atom. The Morgan fingerprint density at radius 3 is 2.38 bits per heavy atom. The van der Waals surface area contributed by atoms with Gasteiger partial charge in [0.15, 0.2) is 0 Å². The normalized spacial score (nSPS) is 11.7. The number of hydrogen-bond donors (Lipinski definition) is 1. The summed E-state index contributed by atoms with van der Waals surface area (Å²) in [6.07, 6.45) is -0.262. The second-order valence-corrected chi connectivity index (χ2v) is 6.40. The second-order valence-electron chi connectivity index (χ2n) is 5.99. The Bertz CT molecular complexity index is 776. The van der Waals surface area contributed by atoms with Gasteiger partial charge in [-0.05, 0) is 37.6 Å². The first-order valence-electron chi connectivity index (χ1n) is 8.30. The Labute approximate surface area is 158 Å². The molecular weight excluding hydrogens is 354 g/mol. The van der Waals surface area contributed by atoms with E-state index in [1.165, 1.54) is 7.11 Å². The summed E-state index contributed by atoms with van der Waals surface area (Å²) in [4.78, 5) is 24.9. The van der Waals surface area contributed by atoms with Gasteiger partial charge >= 0.3 is 5.97 Å². The van der Waals surface area contributed by atoms with Gasteiger partial charge in [-0.15, -0.1) is 0 Å². The molecule has 1 N–H and O–H groups in total. The summed E-state index contributed by atoms with van der Waals surface area (Å²) in [6.45, 7) is 3.55. The number of rotatable bonds is 7. The lowest BCUT2D eigenvalue weighted by molar-refractivity contribution is -0.147. The fourth-order valence-corrected chi connectivity index (χ4v) is 2.81. The molecule has 2 aromatic rings. The van der Waals surface area contributed by atoms with Gasteiger partial charge in [0.25, 0.3) is 5.91 Å². The van der Waals surface area contributed by atoms with Crippen molar-refractivity contribution in [1.82, 2.24) is 5.32 Å². The van der Waals surface area contributed by atoms with Crippen molar-refractivity contribution in [3.8, 4) is 5.75 Å². The van der Waals surface area contributed by atoms with Gasteiger partial charge in [0.05, 0.1) is 31.2 Å². The van der Waals surface area contributed by atoms with E-state index in [2.05, 4.69) is 5.32 Å². The van der Waals surface area contributed by atoms with Crippen molar-refractivity contribution in [3.05, 3.63) is 64.7 Å². The van der Waals surface area contributed by atoms with Gasteiger partial charge in [0, 0.05) is 5.02 Å². The molecule has 2 rings (SSSR count). The number of ether oxygens (including phenoxy) is 2. The zero-order valence-corrected chi connectivity index (χ0v) is 15.7. The van der Waals surface area contributed by atoms with Crippen LogP contribution in [0.5, 0.6) is 5.75 Å². The molecule has 1 atom stereocenters. The lowest BCUT2D eigenvalue weighted by Gasteiger charge is -2.21. The molecule has 6 heteroatoms. The monoisotopic (exact) mass is 375 g/mol. The number of halogens is 1. The average Bonchev–Trinajstić information content (AvgIpc) is 2.60. The third-order valence-electron chi connectivity index (χ3n) is 3.68. The highest BCUT2D eigenvalue weighted by Crippen LogP contribution is 2.27. The van der Waals surface area contributed by atoms with Crippen molar-refractivity contribution in [2.24, 2.45) is 0 Å². The topological polar surface area (TPSA) is 64.6 Å². The summed E-state index contributed by atoms with van der Waals surface area (Å²) in [7, 11) is 1.50. The molecule has 0 saturated carbocycles. The Hall–Kier alpha value is -2.53. The molecule has 0 aliphatic carbocycles. The summed E-state index contributed by atoms with van der Waals surface area (Å²) >= 11 is 6.27. The lowest BCUT2D eigenvalue weighted by Crippen LogP contribution is -2.31. The minimum absolute atomic E-state index is 0.0250. The van der Waals surface area contributed by atoms with Crippen LogP contribution in [-0.4, -0.2) is 25.1 Å². The van der Waals surface area contributed by atoms with E-state index in [0.717, 1.165) is 0 Å². The summed E-state index contributed by atoms with van der Waals surface area (Å²) in [5.74, 6) is -0.317. The van der Waals surface area contributed by atoms with Gasteiger partial charge in [-0.2, -0.15) is 0 Å². The maximum atomic E-state index is 12.7. The minimum Gasteiger partial charge on any atom is -0.496 e. The van der Waals surface area contributed by atoms with E-state index in [1.54, 1.807) is 62.4 Å². The first-order valence-corrected chi connectivity index (χ1v) is 8.68. The molecule has 0 aliphatic heterocycles. The first-order chi connectivity index (χ1) is 12.4. The highest BCUT2D eigenvalue weighted by atomic mass is 35.5. The molecule has 1 amide bonds. The SMILES string of the molecule is COc1ccccc1C(=O)N[C@@H](CC(=O)OC(C)C)c1ccccc1Cl. The van der Waals surface area contributed by atoms with Crippen LogP contribution < -0.4 is 10.1 Å². The van der Waals surface area contributed by atoms with Crippen molar-refractivity contribution in [2.75, 3.05) is 7.11 Å². The standard InChI is InChI=1S/C20H22ClNO4/c1-13(2)26-19(23)12-17(14-8-4-6-10-16(14)21)22-20(24)15-9-5-7-11-18(15)25-3/h4-11,13,17H,12H2,1-3H3,(H,22,24)/t17-/m0/s1. The highest BCUT2D eigenvalue weighted by molar-refractivity contribution is 6.31. The van der Waals surface area contributed by atoms with Crippen LogP contribution >= 0.6 is 11.6 Å². The number of hydrogen-bond acceptors (Lipinski definition) is 4. The van der Waals surface area contributed by atoms with E-state index in [1.807, 2.05) is 0 Å². The van der Waals surface area contributed by atoms with Gasteiger partial charge in [-0.3, -0.25) is 9.59 Å². The minimum atomic E-state index is -0.618. The molecule has 0 heterocycles. The first kappa shape index (κ1) is 19.8. The zero-order chi connectivity index (χ0) is 19.1. The number of benzene rings is 2. The Morgan fingerprint density at radius 2 is 1.73 bits per heavy atom. The van der Waals surface area contributed by atoms with E-state index in [-0.39, 0.29) is 18.4 Å². The van der Waals surface area contributed by atoms with Crippen molar-refractivity contribution >= 4 is 23.5 Å². The van der Waals surface area contributed by atoms with Crippen LogP contribution in [0.2, 0.25) is 5.02 Å². The number of para-hydroxylation sites is 1. The zero-order valence-electron chi connectivity index (χ0n) is 15.0. The quantitative estimate of drug-likeness (QED) is 0.738. The van der Waals surface area contributed by atoms with Crippen LogP contribution in [0.3, 0.4) is 0 Å². The third-order valence-corrected chi connectivity index (χ3v) is 4.02. The maximum absolute atomic E-state index is 12.7. The maximum Gasteiger partial charge on any atom is 0.308 e. The van der Waals surface area contributed by atoms with Crippen LogP contribution in [0.15, 0.2) is 48.5 Å².